The lowest BCUT2D eigenvalue weighted by Gasteiger charge is -2.31. The zero-order valence-corrected chi connectivity index (χ0v) is 19.0. The highest BCUT2D eigenvalue weighted by atomic mass is 35.5. The van der Waals surface area contributed by atoms with Crippen molar-refractivity contribution in [1.29, 1.82) is 0 Å². The van der Waals surface area contributed by atoms with Gasteiger partial charge in [0.2, 0.25) is 17.7 Å². The Morgan fingerprint density at radius 1 is 1.00 bits per heavy atom. The first kappa shape index (κ1) is 21.4. The van der Waals surface area contributed by atoms with Crippen molar-refractivity contribution in [3.8, 4) is 11.5 Å². The normalized spacial score (nSPS) is 30.3. The van der Waals surface area contributed by atoms with Gasteiger partial charge in [-0.2, -0.15) is 0 Å². The molecule has 9 heteroatoms. The van der Waals surface area contributed by atoms with Gasteiger partial charge >= 0.3 is 0 Å². The number of amides is 3. The maximum absolute atomic E-state index is 13.9. The van der Waals surface area contributed by atoms with Gasteiger partial charge in [-0.25, -0.2) is 0 Å². The number of hydrogen-bond donors (Lipinski definition) is 4. The summed E-state index contributed by atoms with van der Waals surface area (Å²) in [5.74, 6) is -3.06. The number of halogens is 1. The van der Waals surface area contributed by atoms with E-state index in [2.05, 4.69) is 10.6 Å². The van der Waals surface area contributed by atoms with Crippen LogP contribution < -0.4 is 10.6 Å². The number of phenolic OH excluding ortho intramolecular Hbond substituents is 2. The number of anilines is 1. The van der Waals surface area contributed by atoms with Crippen LogP contribution in [0.25, 0.3) is 0 Å². The Hall–Kier alpha value is -3.10. The Bertz CT molecular complexity index is 1240. The molecular formula is C25H24ClN3O5. The summed E-state index contributed by atoms with van der Waals surface area (Å²) < 4.78 is 0. The summed E-state index contributed by atoms with van der Waals surface area (Å²) in [6.07, 6.45) is 3.79. The van der Waals surface area contributed by atoms with Crippen molar-refractivity contribution in [3.63, 3.8) is 0 Å². The molecule has 0 aromatic heterocycles. The van der Waals surface area contributed by atoms with E-state index in [0.29, 0.717) is 21.8 Å². The molecule has 0 radical (unpaired) electrons. The van der Waals surface area contributed by atoms with E-state index in [1.807, 2.05) is 0 Å². The predicted octanol–water partition coefficient (Wildman–Crippen LogP) is 2.66. The highest BCUT2D eigenvalue weighted by molar-refractivity contribution is 6.31. The second-order valence-corrected chi connectivity index (χ2v) is 10.2. The molecule has 4 N–H and O–H groups in total. The first-order valence-corrected chi connectivity index (χ1v) is 12.0. The number of nitrogens with one attached hydrogen (secondary N) is 2. The van der Waals surface area contributed by atoms with Crippen LogP contribution in [0, 0.1) is 11.8 Å². The number of rotatable bonds is 3. The molecule has 8 nitrogen and oxygen atoms in total. The molecule has 1 spiro atoms. The molecule has 6 rings (SSSR count). The van der Waals surface area contributed by atoms with Crippen LogP contribution in [0.3, 0.4) is 0 Å². The third kappa shape index (κ3) is 2.85. The summed E-state index contributed by atoms with van der Waals surface area (Å²) in [5, 5.41) is 26.3. The van der Waals surface area contributed by atoms with Crippen LogP contribution in [0.15, 0.2) is 36.4 Å². The van der Waals surface area contributed by atoms with E-state index in [9.17, 15) is 24.6 Å². The molecule has 3 fully saturated rings. The predicted molar refractivity (Wildman–Crippen MR) is 123 cm³/mol. The van der Waals surface area contributed by atoms with Crippen LogP contribution in [0.5, 0.6) is 11.5 Å². The van der Waals surface area contributed by atoms with E-state index < -0.39 is 23.4 Å². The van der Waals surface area contributed by atoms with Crippen LogP contribution in [-0.2, 0) is 26.3 Å². The zero-order chi connectivity index (χ0) is 23.8. The molecule has 3 amide bonds. The number of likely N-dealkylation sites (tertiary alicyclic amines) is 1. The van der Waals surface area contributed by atoms with Gasteiger partial charge < -0.3 is 15.5 Å². The van der Waals surface area contributed by atoms with Crippen molar-refractivity contribution in [1.82, 2.24) is 10.2 Å². The van der Waals surface area contributed by atoms with Gasteiger partial charge in [0.15, 0.2) is 11.5 Å². The molecule has 4 atom stereocenters. The van der Waals surface area contributed by atoms with E-state index in [4.69, 9.17) is 11.6 Å². The molecule has 3 aliphatic heterocycles. The number of carbonyl (C=O) groups excluding carboxylic acids is 3. The number of aromatic hydroxyl groups is 2. The fourth-order valence-electron chi connectivity index (χ4n) is 6.44. The maximum Gasteiger partial charge on any atom is 0.250 e. The minimum absolute atomic E-state index is 0.135. The third-order valence-corrected chi connectivity index (χ3v) is 8.13. The van der Waals surface area contributed by atoms with Crippen molar-refractivity contribution in [2.24, 2.45) is 11.8 Å². The second kappa shape index (κ2) is 7.45. The summed E-state index contributed by atoms with van der Waals surface area (Å²) in [6.45, 7) is 0. The summed E-state index contributed by atoms with van der Waals surface area (Å²) in [7, 11) is 0. The lowest BCUT2D eigenvalue weighted by Crippen LogP contribution is -2.54. The van der Waals surface area contributed by atoms with Gasteiger partial charge in [-0.05, 0) is 55.2 Å². The number of nitrogens with zero attached hydrogens (tertiary/aromatic N) is 1. The molecule has 3 heterocycles. The molecule has 2 saturated heterocycles. The highest BCUT2D eigenvalue weighted by Crippen LogP contribution is 2.54. The van der Waals surface area contributed by atoms with Gasteiger partial charge in [-0.15, -0.1) is 0 Å². The van der Waals surface area contributed by atoms with Crippen molar-refractivity contribution in [2.75, 3.05) is 5.32 Å². The van der Waals surface area contributed by atoms with E-state index >= 15 is 0 Å². The minimum Gasteiger partial charge on any atom is -0.504 e. The van der Waals surface area contributed by atoms with Gasteiger partial charge in [-0.3, -0.25) is 24.6 Å². The van der Waals surface area contributed by atoms with Crippen LogP contribution in [0.2, 0.25) is 5.02 Å². The SMILES string of the molecule is O=C1[C@H]2[C@@H](C(=O)N1C1CCCC1)[C@@]1(N[C@@H]2Cc2ccc(O)c(O)c2)C(=O)Nc2ccc(Cl)cc21. The molecule has 2 aromatic rings. The van der Waals surface area contributed by atoms with Gasteiger partial charge in [0.05, 0.1) is 11.8 Å². The van der Waals surface area contributed by atoms with E-state index in [1.165, 1.54) is 17.0 Å². The summed E-state index contributed by atoms with van der Waals surface area (Å²) in [5.41, 5.74) is 0.413. The van der Waals surface area contributed by atoms with Crippen molar-refractivity contribution in [3.05, 3.63) is 52.5 Å². The summed E-state index contributed by atoms with van der Waals surface area (Å²) >= 11 is 6.29. The Morgan fingerprint density at radius 3 is 2.50 bits per heavy atom. The maximum atomic E-state index is 13.9. The fourth-order valence-corrected chi connectivity index (χ4v) is 6.62. The van der Waals surface area contributed by atoms with Crippen molar-refractivity contribution < 1.29 is 24.6 Å². The molecule has 34 heavy (non-hydrogen) atoms. The standard InChI is InChI=1S/C25H24ClN3O5/c26-13-6-7-16-15(11-13)25(24(34)27-16)21-20(22(32)29(23(21)33)14-3-1-2-4-14)17(28-25)9-12-5-8-18(30)19(31)10-12/h5-8,10-11,14,17,20-21,28,30-31H,1-4,9H2,(H,27,34)/t17-,20-,21+,25-/m1/s1. The lowest BCUT2D eigenvalue weighted by molar-refractivity contribution is -0.145. The molecule has 2 aromatic carbocycles. The molecule has 1 saturated carbocycles. The number of fused-ring (bicyclic) bond motifs is 4. The van der Waals surface area contributed by atoms with Crippen LogP contribution in [-0.4, -0.2) is 44.9 Å². The number of imide groups is 1. The Balaban J connectivity index is 1.47. The summed E-state index contributed by atoms with van der Waals surface area (Å²) in [6, 6.07) is 8.88. The molecule has 176 valence electrons. The van der Waals surface area contributed by atoms with E-state index in [-0.39, 0.29) is 41.7 Å². The van der Waals surface area contributed by atoms with Gasteiger partial charge in [0.25, 0.3) is 0 Å². The smallest absolute Gasteiger partial charge is 0.250 e. The van der Waals surface area contributed by atoms with Gasteiger partial charge in [0.1, 0.15) is 5.54 Å². The van der Waals surface area contributed by atoms with Crippen molar-refractivity contribution in [2.45, 2.75) is 49.7 Å². The highest BCUT2D eigenvalue weighted by Gasteiger charge is 2.70. The topological polar surface area (TPSA) is 119 Å². The van der Waals surface area contributed by atoms with Crippen LogP contribution in [0.1, 0.15) is 36.8 Å². The average molecular weight is 482 g/mol. The number of phenols is 2. The largest absolute Gasteiger partial charge is 0.504 e. The van der Waals surface area contributed by atoms with Gasteiger partial charge in [0, 0.05) is 28.4 Å². The first-order chi connectivity index (χ1) is 16.3. The molecule has 0 bridgehead atoms. The lowest BCUT2D eigenvalue weighted by atomic mass is 9.76. The number of benzene rings is 2. The van der Waals surface area contributed by atoms with Crippen molar-refractivity contribution >= 4 is 35.0 Å². The quantitative estimate of drug-likeness (QED) is 0.395. The second-order valence-electron chi connectivity index (χ2n) is 9.72. The fraction of sp³-hybridized carbons (Fsp3) is 0.400. The van der Waals surface area contributed by atoms with Crippen LogP contribution in [0.4, 0.5) is 5.69 Å². The zero-order valence-electron chi connectivity index (χ0n) is 18.3. The minimum atomic E-state index is -1.41. The average Bonchev–Trinajstić information content (AvgIpc) is 3.54. The van der Waals surface area contributed by atoms with Gasteiger partial charge in [-0.1, -0.05) is 30.5 Å². The van der Waals surface area contributed by atoms with E-state index in [1.54, 1.807) is 24.3 Å². The van der Waals surface area contributed by atoms with Crippen LogP contribution >= 0.6 is 11.6 Å². The molecule has 4 aliphatic rings. The number of carbonyl (C=O) groups is 3. The Kier molecular flexibility index (Phi) is 4.70. The monoisotopic (exact) mass is 481 g/mol. The van der Waals surface area contributed by atoms with E-state index in [0.717, 1.165) is 25.7 Å². The Morgan fingerprint density at radius 2 is 1.76 bits per heavy atom. The Labute approximate surface area is 200 Å². The number of hydrogen-bond acceptors (Lipinski definition) is 6. The third-order valence-electron chi connectivity index (χ3n) is 7.90. The first-order valence-electron chi connectivity index (χ1n) is 11.6. The molecule has 0 unspecified atom stereocenters. The molecule has 1 aliphatic carbocycles. The summed E-state index contributed by atoms with van der Waals surface area (Å²) in [4.78, 5) is 42.5. The molecular weight excluding hydrogens is 458 g/mol.